The normalized spacial score (nSPS) is 32.9. The lowest BCUT2D eigenvalue weighted by atomic mass is 9.63. The van der Waals surface area contributed by atoms with E-state index in [-0.39, 0.29) is 42.1 Å². The van der Waals surface area contributed by atoms with Crippen LogP contribution in [0.15, 0.2) is 29.4 Å². The predicted octanol–water partition coefficient (Wildman–Crippen LogP) is 3.14. The van der Waals surface area contributed by atoms with Crippen LogP contribution in [0.4, 0.5) is 0 Å². The van der Waals surface area contributed by atoms with Crippen LogP contribution in [0.25, 0.3) is 0 Å². The first-order valence-corrected chi connectivity index (χ1v) is 10.6. The number of carbonyl (C=O) groups is 2. The van der Waals surface area contributed by atoms with Gasteiger partial charge in [0, 0.05) is 0 Å². The van der Waals surface area contributed by atoms with Gasteiger partial charge in [0.1, 0.15) is 6.61 Å². The smallest absolute Gasteiger partial charge is 0.254 e. The molecule has 1 saturated heterocycles. The van der Waals surface area contributed by atoms with E-state index in [0.717, 1.165) is 11.4 Å². The highest BCUT2D eigenvalue weighted by atomic mass is 35.5. The van der Waals surface area contributed by atoms with Crippen molar-refractivity contribution in [2.45, 2.75) is 13.3 Å². The molecular weight excluding hydrogens is 404 g/mol. The molecule has 2 bridgehead atoms. The second-order valence-corrected chi connectivity index (χ2v) is 8.55. The fourth-order valence-corrected chi connectivity index (χ4v) is 5.63. The molecule has 2 saturated carbocycles. The molecule has 1 aromatic carbocycles. The predicted molar refractivity (Wildman–Crippen MR) is 111 cm³/mol. The van der Waals surface area contributed by atoms with Crippen molar-refractivity contribution >= 4 is 29.6 Å². The molecule has 0 aromatic heterocycles. The minimum absolute atomic E-state index is 0.0607. The number of allylic oxidation sites excluding steroid dienone is 2. The minimum Gasteiger partial charge on any atom is -0.490 e. The summed E-state index contributed by atoms with van der Waals surface area (Å²) in [7, 11) is 0. The summed E-state index contributed by atoms with van der Waals surface area (Å²) in [6.07, 6.45) is 12.1. The number of hydrazone groups is 1. The fourth-order valence-electron chi connectivity index (χ4n) is 5.36. The van der Waals surface area contributed by atoms with Gasteiger partial charge in [-0.05, 0) is 54.7 Å². The Morgan fingerprint density at radius 3 is 2.47 bits per heavy atom. The van der Waals surface area contributed by atoms with E-state index in [0.29, 0.717) is 40.5 Å². The monoisotopic (exact) mass is 424 g/mol. The van der Waals surface area contributed by atoms with Gasteiger partial charge in [-0.25, -0.2) is 0 Å². The molecule has 154 valence electrons. The molecule has 6 atom stereocenters. The van der Waals surface area contributed by atoms with Gasteiger partial charge in [0.05, 0.1) is 29.7 Å². The van der Waals surface area contributed by atoms with Crippen molar-refractivity contribution < 1.29 is 19.1 Å². The molecule has 2 amide bonds. The molecule has 5 aliphatic rings. The van der Waals surface area contributed by atoms with E-state index < -0.39 is 0 Å². The number of imide groups is 1. The summed E-state index contributed by atoms with van der Waals surface area (Å²) in [5.74, 6) is 3.71. The van der Waals surface area contributed by atoms with Gasteiger partial charge < -0.3 is 9.47 Å². The highest BCUT2D eigenvalue weighted by molar-refractivity contribution is 6.32. The third-order valence-corrected chi connectivity index (χ3v) is 6.87. The van der Waals surface area contributed by atoms with E-state index in [1.165, 1.54) is 6.21 Å². The zero-order chi connectivity index (χ0) is 21.0. The van der Waals surface area contributed by atoms with Crippen molar-refractivity contribution in [1.82, 2.24) is 5.01 Å². The van der Waals surface area contributed by atoms with Crippen LogP contribution in [0.1, 0.15) is 18.9 Å². The first-order chi connectivity index (χ1) is 14.5. The van der Waals surface area contributed by atoms with Crippen LogP contribution >= 0.6 is 11.6 Å². The quantitative estimate of drug-likeness (QED) is 0.304. The maximum absolute atomic E-state index is 13.0. The average Bonchev–Trinajstić information content (AvgIpc) is 3.51. The van der Waals surface area contributed by atoms with Gasteiger partial charge in [-0.1, -0.05) is 29.7 Å². The fraction of sp³-hybridized carbons (Fsp3) is 0.435. The van der Waals surface area contributed by atoms with Crippen LogP contribution in [-0.4, -0.2) is 36.3 Å². The van der Waals surface area contributed by atoms with Gasteiger partial charge in [0.2, 0.25) is 0 Å². The van der Waals surface area contributed by atoms with Crippen LogP contribution in [0.3, 0.4) is 0 Å². The summed E-state index contributed by atoms with van der Waals surface area (Å²) in [5.41, 5.74) is 0.593. The van der Waals surface area contributed by atoms with Crippen LogP contribution in [-0.2, 0) is 9.59 Å². The molecule has 4 aliphatic carbocycles. The van der Waals surface area contributed by atoms with E-state index in [2.05, 4.69) is 23.2 Å². The lowest BCUT2D eigenvalue weighted by Gasteiger charge is -2.37. The Labute approximate surface area is 179 Å². The molecule has 7 heteroatoms. The van der Waals surface area contributed by atoms with Gasteiger partial charge in [-0.2, -0.15) is 10.1 Å². The number of ether oxygens (including phenoxy) is 2. The van der Waals surface area contributed by atoms with Gasteiger partial charge in [-0.15, -0.1) is 6.42 Å². The number of terminal acetylenes is 1. The van der Waals surface area contributed by atoms with Crippen LogP contribution in [0.5, 0.6) is 11.5 Å². The van der Waals surface area contributed by atoms with Gasteiger partial charge >= 0.3 is 0 Å². The van der Waals surface area contributed by atoms with Crippen LogP contribution in [0, 0.1) is 47.9 Å². The SMILES string of the molecule is C#CCOc1c(Cl)cc(/C=N\N2C(=O)[C@@H]3[C@@H]4C=C[C@H]([C@@H]5C[C@H]45)[C@H]3C2=O)cc1OCC. The second kappa shape index (κ2) is 7.17. The molecule has 6 rings (SSSR count). The summed E-state index contributed by atoms with van der Waals surface area (Å²) < 4.78 is 11.1. The molecule has 1 heterocycles. The third kappa shape index (κ3) is 2.84. The average molecular weight is 425 g/mol. The molecule has 0 spiro atoms. The van der Waals surface area contributed by atoms with Gasteiger partial charge in [-0.3, -0.25) is 9.59 Å². The highest BCUT2D eigenvalue weighted by Crippen LogP contribution is 2.65. The molecule has 30 heavy (non-hydrogen) atoms. The summed E-state index contributed by atoms with van der Waals surface area (Å²) in [6.45, 7) is 2.31. The third-order valence-electron chi connectivity index (χ3n) is 6.59. The van der Waals surface area contributed by atoms with Crippen molar-refractivity contribution in [2.75, 3.05) is 13.2 Å². The number of carbonyl (C=O) groups excluding carboxylic acids is 2. The molecular formula is C23H21ClN2O4. The summed E-state index contributed by atoms with van der Waals surface area (Å²) in [4.78, 5) is 26.0. The molecule has 1 aromatic rings. The van der Waals surface area contributed by atoms with Crippen molar-refractivity contribution in [3.8, 4) is 23.8 Å². The Morgan fingerprint density at radius 1 is 1.20 bits per heavy atom. The van der Waals surface area contributed by atoms with E-state index in [1.807, 2.05) is 6.92 Å². The van der Waals surface area contributed by atoms with Crippen LogP contribution in [0.2, 0.25) is 5.02 Å². The second-order valence-electron chi connectivity index (χ2n) is 8.14. The van der Waals surface area contributed by atoms with Crippen molar-refractivity contribution in [3.05, 3.63) is 34.9 Å². The maximum Gasteiger partial charge on any atom is 0.254 e. The van der Waals surface area contributed by atoms with E-state index in [1.54, 1.807) is 12.1 Å². The lowest BCUT2D eigenvalue weighted by molar-refractivity contribution is -0.140. The summed E-state index contributed by atoms with van der Waals surface area (Å²) in [6, 6.07) is 3.33. The number of rotatable bonds is 6. The van der Waals surface area contributed by atoms with E-state index >= 15 is 0 Å². The van der Waals surface area contributed by atoms with E-state index in [4.69, 9.17) is 27.5 Å². The number of benzene rings is 1. The molecule has 0 unspecified atom stereocenters. The molecule has 6 nitrogen and oxygen atoms in total. The Kier molecular flexibility index (Phi) is 4.59. The standard InChI is InChI=1S/C23H21ClN2O4/c1-3-7-30-21-17(24)8-12(9-18(21)29-4-2)11-25-26-22(27)19-13-5-6-14(16-10-15(13)16)20(19)23(26)28/h1,5-6,8-9,11,13-16,19-20H,4,7,10H2,2H3/b25-11-/t13-,14-,15-,16+,19-,20-/m1/s1. The molecule has 1 aliphatic heterocycles. The van der Waals surface area contributed by atoms with Crippen molar-refractivity contribution in [2.24, 2.45) is 40.6 Å². The topological polar surface area (TPSA) is 68.2 Å². The zero-order valence-electron chi connectivity index (χ0n) is 16.5. The van der Waals surface area contributed by atoms with Crippen molar-refractivity contribution in [3.63, 3.8) is 0 Å². The summed E-state index contributed by atoms with van der Waals surface area (Å²) >= 11 is 6.33. The number of amides is 2. The van der Waals surface area contributed by atoms with Gasteiger partial charge in [0.25, 0.3) is 11.8 Å². The van der Waals surface area contributed by atoms with Crippen LogP contribution < -0.4 is 9.47 Å². The maximum atomic E-state index is 13.0. The first-order valence-electron chi connectivity index (χ1n) is 10.2. The Bertz CT molecular complexity index is 991. The molecule has 3 fully saturated rings. The number of nitrogens with zero attached hydrogens (tertiary/aromatic N) is 2. The Hall–Kier alpha value is -2.78. The van der Waals surface area contributed by atoms with Crippen molar-refractivity contribution in [1.29, 1.82) is 0 Å². The minimum atomic E-state index is -0.268. The lowest BCUT2D eigenvalue weighted by Crippen LogP contribution is -2.40. The molecule has 0 N–H and O–H groups in total. The number of hydrogen-bond donors (Lipinski definition) is 0. The number of halogens is 1. The van der Waals surface area contributed by atoms with E-state index in [9.17, 15) is 9.59 Å². The number of hydrogen-bond acceptors (Lipinski definition) is 5. The largest absolute Gasteiger partial charge is 0.490 e. The Balaban J connectivity index is 1.40. The zero-order valence-corrected chi connectivity index (χ0v) is 17.2. The molecule has 0 radical (unpaired) electrons. The highest BCUT2D eigenvalue weighted by Gasteiger charge is 2.67. The first kappa shape index (κ1) is 19.2. The van der Waals surface area contributed by atoms with Gasteiger partial charge in [0.15, 0.2) is 11.5 Å². The summed E-state index contributed by atoms with van der Waals surface area (Å²) in [5, 5.41) is 5.60. The Morgan fingerprint density at radius 2 is 1.87 bits per heavy atom.